The number of aliphatic hydroxyl groups excluding tert-OH is 1. The van der Waals surface area contributed by atoms with Crippen molar-refractivity contribution in [1.29, 1.82) is 0 Å². The monoisotopic (exact) mass is 396 g/mol. The van der Waals surface area contributed by atoms with E-state index < -0.39 is 0 Å². The highest BCUT2D eigenvalue weighted by Gasteiger charge is 2.71. The highest BCUT2D eigenvalue weighted by molar-refractivity contribution is 9.10. The molecule has 4 saturated carbocycles. The fourth-order valence-electron chi connectivity index (χ4n) is 8.49. The van der Waals surface area contributed by atoms with Crippen molar-refractivity contribution in [2.45, 2.75) is 88.2 Å². The van der Waals surface area contributed by atoms with Gasteiger partial charge < -0.3 is 9.84 Å². The van der Waals surface area contributed by atoms with Gasteiger partial charge in [0.25, 0.3) is 0 Å². The third-order valence-corrected chi connectivity index (χ3v) is 11.3. The molecule has 0 amide bonds. The van der Waals surface area contributed by atoms with E-state index in [0.717, 1.165) is 49.5 Å². The van der Waals surface area contributed by atoms with Crippen LogP contribution in [0.2, 0.25) is 0 Å². The summed E-state index contributed by atoms with van der Waals surface area (Å²) in [4.78, 5) is 0. The van der Waals surface area contributed by atoms with E-state index in [1.54, 1.807) is 0 Å². The number of aliphatic hydroxyl groups is 1. The quantitative estimate of drug-likeness (QED) is 0.637. The first kappa shape index (κ1) is 16.6. The van der Waals surface area contributed by atoms with Gasteiger partial charge in [0.2, 0.25) is 0 Å². The standard InChI is InChI=1S/C21H33BrO2/c1-3-13-4-5-16-15-10-18-21(22)11-14(23)6-9-20(21,12-24-18)17(15)7-8-19(13,16)2/h13-18,23H,3-12H2,1-2H3/t13-,14?,15-,16-,17-,18?,19+,20-,21?/m0/s1. The number of alkyl halides is 1. The van der Waals surface area contributed by atoms with E-state index in [9.17, 15) is 5.11 Å². The van der Waals surface area contributed by atoms with Crippen molar-refractivity contribution < 1.29 is 9.84 Å². The largest absolute Gasteiger partial charge is 0.393 e. The van der Waals surface area contributed by atoms with Crippen LogP contribution < -0.4 is 0 Å². The molecule has 1 N–H and O–H groups in total. The van der Waals surface area contributed by atoms with E-state index in [1.165, 1.54) is 38.5 Å². The predicted octanol–water partition coefficient (Wildman–Crippen LogP) is 4.92. The van der Waals surface area contributed by atoms with Crippen molar-refractivity contribution in [2.75, 3.05) is 6.61 Å². The second kappa shape index (κ2) is 5.23. The molecule has 2 bridgehead atoms. The van der Waals surface area contributed by atoms with Gasteiger partial charge in [0.05, 0.1) is 23.1 Å². The molecule has 9 atom stereocenters. The van der Waals surface area contributed by atoms with Crippen LogP contribution in [0.15, 0.2) is 0 Å². The van der Waals surface area contributed by atoms with E-state index in [-0.39, 0.29) is 10.4 Å². The van der Waals surface area contributed by atoms with Crippen LogP contribution in [0.25, 0.3) is 0 Å². The molecule has 5 fully saturated rings. The zero-order chi connectivity index (χ0) is 16.7. The number of ether oxygens (including phenoxy) is 1. The molecule has 3 unspecified atom stereocenters. The van der Waals surface area contributed by atoms with Gasteiger partial charge in [0.1, 0.15) is 0 Å². The Kier molecular flexibility index (Phi) is 3.61. The average Bonchev–Trinajstić information content (AvgIpc) is 2.96. The number of hydrogen-bond acceptors (Lipinski definition) is 2. The number of halogens is 1. The van der Waals surface area contributed by atoms with Crippen LogP contribution in [-0.2, 0) is 4.74 Å². The summed E-state index contributed by atoms with van der Waals surface area (Å²) in [6.45, 7) is 5.97. The molecular formula is C21H33BrO2. The van der Waals surface area contributed by atoms with Crippen molar-refractivity contribution in [1.82, 2.24) is 0 Å². The summed E-state index contributed by atoms with van der Waals surface area (Å²) < 4.78 is 6.49. The van der Waals surface area contributed by atoms with E-state index in [4.69, 9.17) is 4.74 Å². The molecule has 0 spiro atoms. The molecular weight excluding hydrogens is 364 g/mol. The molecule has 0 radical (unpaired) electrons. The highest BCUT2D eigenvalue weighted by Crippen LogP contribution is 2.72. The third kappa shape index (κ3) is 1.80. The van der Waals surface area contributed by atoms with Gasteiger partial charge in [-0.05, 0) is 80.5 Å². The van der Waals surface area contributed by atoms with Gasteiger partial charge in [0.15, 0.2) is 0 Å². The van der Waals surface area contributed by atoms with Crippen molar-refractivity contribution in [3.05, 3.63) is 0 Å². The molecule has 3 heteroatoms. The van der Waals surface area contributed by atoms with Crippen LogP contribution in [-0.4, -0.2) is 28.2 Å². The Morgan fingerprint density at radius 1 is 1.12 bits per heavy atom. The fraction of sp³-hybridized carbons (Fsp3) is 1.00. The van der Waals surface area contributed by atoms with Gasteiger partial charge >= 0.3 is 0 Å². The number of hydrogen-bond donors (Lipinski definition) is 1. The second-order valence-corrected chi connectivity index (χ2v) is 11.5. The van der Waals surface area contributed by atoms with Crippen molar-refractivity contribution in [3.8, 4) is 0 Å². The van der Waals surface area contributed by atoms with Crippen LogP contribution in [0, 0.1) is 34.5 Å². The maximum absolute atomic E-state index is 10.3. The van der Waals surface area contributed by atoms with E-state index in [1.807, 2.05) is 0 Å². The van der Waals surface area contributed by atoms with Crippen LogP contribution in [0.3, 0.4) is 0 Å². The maximum Gasteiger partial charge on any atom is 0.0738 e. The van der Waals surface area contributed by atoms with Crippen molar-refractivity contribution in [3.63, 3.8) is 0 Å². The molecule has 0 aromatic heterocycles. The first-order valence-corrected chi connectivity index (χ1v) is 11.2. The number of fused-ring (bicyclic) bond motifs is 3. The maximum atomic E-state index is 10.3. The third-order valence-electron chi connectivity index (χ3n) is 9.66. The molecule has 2 nitrogen and oxygen atoms in total. The molecule has 24 heavy (non-hydrogen) atoms. The normalized spacial score (nSPS) is 62.0. The minimum atomic E-state index is -0.136. The molecule has 5 aliphatic rings. The van der Waals surface area contributed by atoms with Crippen molar-refractivity contribution >= 4 is 15.9 Å². The molecule has 1 heterocycles. The zero-order valence-electron chi connectivity index (χ0n) is 15.3. The number of rotatable bonds is 1. The van der Waals surface area contributed by atoms with Gasteiger partial charge in [-0.25, -0.2) is 0 Å². The van der Waals surface area contributed by atoms with Gasteiger partial charge in [-0.2, -0.15) is 0 Å². The molecule has 0 aromatic rings. The molecule has 1 saturated heterocycles. The lowest BCUT2D eigenvalue weighted by atomic mass is 9.44. The summed E-state index contributed by atoms with van der Waals surface area (Å²) in [5, 5.41) is 10.3. The molecule has 1 aliphatic heterocycles. The van der Waals surface area contributed by atoms with Gasteiger partial charge in [-0.3, -0.25) is 0 Å². The lowest BCUT2D eigenvalue weighted by molar-refractivity contribution is -0.102. The molecule has 4 aliphatic carbocycles. The Balaban J connectivity index is 1.53. The minimum absolute atomic E-state index is 0.0509. The summed E-state index contributed by atoms with van der Waals surface area (Å²) in [5.74, 6) is 3.56. The summed E-state index contributed by atoms with van der Waals surface area (Å²) in [6, 6.07) is 0. The summed E-state index contributed by atoms with van der Waals surface area (Å²) in [7, 11) is 0. The Morgan fingerprint density at radius 3 is 2.75 bits per heavy atom. The van der Waals surface area contributed by atoms with E-state index in [2.05, 4.69) is 29.8 Å². The van der Waals surface area contributed by atoms with E-state index in [0.29, 0.717) is 16.9 Å². The average molecular weight is 397 g/mol. The van der Waals surface area contributed by atoms with Gasteiger partial charge in [-0.15, -0.1) is 0 Å². The molecule has 136 valence electrons. The second-order valence-electron chi connectivity index (χ2n) is 10.1. The Morgan fingerprint density at radius 2 is 1.96 bits per heavy atom. The van der Waals surface area contributed by atoms with Crippen LogP contribution in [0.5, 0.6) is 0 Å². The van der Waals surface area contributed by atoms with Gasteiger partial charge in [0, 0.05) is 5.41 Å². The highest BCUT2D eigenvalue weighted by atomic mass is 79.9. The summed E-state index contributed by atoms with van der Waals surface area (Å²) in [5.41, 5.74) is 0.887. The lowest BCUT2D eigenvalue weighted by Gasteiger charge is -2.62. The predicted molar refractivity (Wildman–Crippen MR) is 99.1 cm³/mol. The molecule has 5 rings (SSSR count). The Bertz CT molecular complexity index is 538. The first-order chi connectivity index (χ1) is 11.4. The van der Waals surface area contributed by atoms with E-state index >= 15 is 0 Å². The lowest BCUT2D eigenvalue weighted by Crippen LogP contribution is -2.63. The molecule has 0 aromatic carbocycles. The van der Waals surface area contributed by atoms with Crippen LogP contribution >= 0.6 is 15.9 Å². The minimum Gasteiger partial charge on any atom is -0.393 e. The smallest absolute Gasteiger partial charge is 0.0738 e. The Hall–Kier alpha value is 0.400. The van der Waals surface area contributed by atoms with Gasteiger partial charge in [-0.1, -0.05) is 36.2 Å². The van der Waals surface area contributed by atoms with Crippen LogP contribution in [0.1, 0.15) is 71.6 Å². The van der Waals surface area contributed by atoms with Crippen molar-refractivity contribution in [2.24, 2.45) is 34.5 Å². The zero-order valence-corrected chi connectivity index (χ0v) is 16.9. The SMILES string of the molecule is CC[C@H]1CC[C@H]2[C@@H]3CC4OC[C@@]5(CCC(O)CC45Br)[C@H]3CC[C@]12C. The summed E-state index contributed by atoms with van der Waals surface area (Å²) in [6.07, 6.45) is 11.6. The first-order valence-electron chi connectivity index (χ1n) is 10.4. The summed E-state index contributed by atoms with van der Waals surface area (Å²) >= 11 is 4.19. The topological polar surface area (TPSA) is 29.5 Å². The van der Waals surface area contributed by atoms with Crippen LogP contribution in [0.4, 0.5) is 0 Å². The Labute approximate surface area is 155 Å². The fourth-order valence-corrected chi connectivity index (χ4v) is 9.79.